The number of nitrogens with zero attached hydrogens (tertiary/aromatic N) is 1. The highest BCUT2D eigenvalue weighted by Crippen LogP contribution is 2.30. The molecule has 15 heavy (non-hydrogen) atoms. The third-order valence-corrected chi connectivity index (χ3v) is 15.0. The summed E-state index contributed by atoms with van der Waals surface area (Å²) in [4.78, 5) is 0. The molecule has 2 fully saturated rings. The van der Waals surface area contributed by atoms with Gasteiger partial charge in [-0.2, -0.15) is 0 Å². The number of rotatable bonds is 4. The zero-order chi connectivity index (χ0) is 10.7. The van der Waals surface area contributed by atoms with Gasteiger partial charge in [0.05, 0.1) is 0 Å². The summed E-state index contributed by atoms with van der Waals surface area (Å²) in [7, 11) is 0.0902. The summed E-state index contributed by atoms with van der Waals surface area (Å²) in [5, 5.41) is 0. The molecule has 2 aliphatic rings. The van der Waals surface area contributed by atoms with Crippen molar-refractivity contribution < 1.29 is 0 Å². The summed E-state index contributed by atoms with van der Waals surface area (Å²) >= 11 is 0. The minimum absolute atomic E-state index is 0.369. The van der Waals surface area contributed by atoms with Gasteiger partial charge in [0.15, 0.2) is 0 Å². The molecule has 1 atom stereocenters. The molecule has 1 unspecified atom stereocenters. The van der Waals surface area contributed by atoms with Crippen molar-refractivity contribution in [3.05, 3.63) is 0 Å². The third-order valence-electron chi connectivity index (χ3n) is 4.59. The van der Waals surface area contributed by atoms with Crippen LogP contribution >= 0.6 is 0 Å². The van der Waals surface area contributed by atoms with Crippen molar-refractivity contribution in [1.29, 1.82) is 0 Å². The van der Waals surface area contributed by atoms with Crippen LogP contribution in [0.25, 0.3) is 0 Å². The summed E-state index contributed by atoms with van der Waals surface area (Å²) < 4.78 is 3.07. The fourth-order valence-corrected chi connectivity index (χ4v) is 10.6. The minimum Gasteiger partial charge on any atom is -0.322 e. The van der Waals surface area contributed by atoms with E-state index in [1.165, 1.54) is 38.5 Å². The molecule has 1 nitrogen and oxygen atoms in total. The van der Waals surface area contributed by atoms with Crippen molar-refractivity contribution in [2.24, 2.45) is 0 Å². The van der Waals surface area contributed by atoms with Crippen molar-refractivity contribution in [3.8, 4) is 0 Å². The lowest BCUT2D eigenvalue weighted by Gasteiger charge is -2.46. The number of hydrogen-bond acceptors (Lipinski definition) is 1. The molecule has 1 aliphatic carbocycles. The highest BCUT2D eigenvalue weighted by molar-refractivity contribution is 6.84. The van der Waals surface area contributed by atoms with Gasteiger partial charge in [0.25, 0.3) is 0 Å². The summed E-state index contributed by atoms with van der Waals surface area (Å²) in [6.07, 6.45) is 8.95. The van der Waals surface area contributed by atoms with Crippen LogP contribution < -0.4 is 0 Å². The average molecular weight is 242 g/mol. The first-order valence-electron chi connectivity index (χ1n) is 7.10. The Kier molecular flexibility index (Phi) is 4.46. The van der Waals surface area contributed by atoms with Crippen LogP contribution in [0.4, 0.5) is 0 Å². The SMILES string of the molecule is CCC(C)N(C1CCCCC1)[SiH]1C[SiH2]C1. The van der Waals surface area contributed by atoms with E-state index in [0.29, 0.717) is 9.52 Å². The highest BCUT2D eigenvalue weighted by atomic mass is 28.4. The maximum absolute atomic E-state index is 3.07. The van der Waals surface area contributed by atoms with E-state index in [2.05, 4.69) is 18.4 Å². The van der Waals surface area contributed by atoms with Crippen molar-refractivity contribution in [2.75, 3.05) is 0 Å². The summed E-state index contributed by atoms with van der Waals surface area (Å²) in [6.45, 7) is 4.87. The first-order valence-corrected chi connectivity index (χ1v) is 11.2. The van der Waals surface area contributed by atoms with E-state index in [1.54, 1.807) is 11.3 Å². The fourth-order valence-electron chi connectivity index (χ4n) is 3.29. The largest absolute Gasteiger partial charge is 0.322 e. The molecule has 0 amide bonds. The van der Waals surface area contributed by atoms with E-state index in [0.717, 1.165) is 12.1 Å². The Balaban J connectivity index is 1.95. The van der Waals surface area contributed by atoms with Gasteiger partial charge in [0.1, 0.15) is 8.96 Å². The molecule has 0 bridgehead atoms. The summed E-state index contributed by atoms with van der Waals surface area (Å²) in [5.41, 5.74) is 3.50. The molecule has 0 aromatic heterocycles. The maximum Gasteiger partial charge on any atom is 0.106 e. The Morgan fingerprint density at radius 2 is 1.93 bits per heavy atom. The Morgan fingerprint density at radius 1 is 1.27 bits per heavy atom. The molecule has 1 saturated carbocycles. The number of hydrogen-bond donors (Lipinski definition) is 0. The standard InChI is InChI=1S/C12H27NSi2/c1-3-11(2)13(15-9-14-10-15)12-7-5-4-6-8-12/h11-12,15H,3-10,14H2,1-2H3. The zero-order valence-corrected chi connectivity index (χ0v) is 13.1. The molecule has 0 spiro atoms. The summed E-state index contributed by atoms with van der Waals surface area (Å²) in [6, 6.07) is 1.92. The van der Waals surface area contributed by atoms with Gasteiger partial charge in [-0.25, -0.2) is 0 Å². The van der Waals surface area contributed by atoms with Crippen molar-refractivity contribution >= 4 is 18.5 Å². The Bertz CT molecular complexity index is 183. The molecule has 0 aromatic carbocycles. The van der Waals surface area contributed by atoms with Crippen LogP contribution in [0.1, 0.15) is 52.4 Å². The Hall–Kier alpha value is 0.394. The Morgan fingerprint density at radius 3 is 2.40 bits per heavy atom. The molecular formula is C12H27NSi2. The molecule has 0 radical (unpaired) electrons. The minimum atomic E-state index is -0.369. The normalized spacial score (nSPS) is 31.8. The van der Waals surface area contributed by atoms with Crippen LogP contribution in [0.15, 0.2) is 0 Å². The smallest absolute Gasteiger partial charge is 0.106 e. The van der Waals surface area contributed by atoms with E-state index in [9.17, 15) is 0 Å². The van der Waals surface area contributed by atoms with Crippen LogP contribution in [0, 0.1) is 0 Å². The zero-order valence-electron chi connectivity index (χ0n) is 10.5. The monoisotopic (exact) mass is 241 g/mol. The van der Waals surface area contributed by atoms with Crippen LogP contribution in [-0.2, 0) is 0 Å². The van der Waals surface area contributed by atoms with Crippen molar-refractivity contribution in [1.82, 2.24) is 4.57 Å². The van der Waals surface area contributed by atoms with E-state index >= 15 is 0 Å². The average Bonchev–Trinajstić information content (AvgIpc) is 2.23. The van der Waals surface area contributed by atoms with Gasteiger partial charge in [0.2, 0.25) is 0 Å². The highest BCUT2D eigenvalue weighted by Gasteiger charge is 2.34. The predicted molar refractivity (Wildman–Crippen MR) is 73.8 cm³/mol. The first kappa shape index (κ1) is 11.9. The van der Waals surface area contributed by atoms with E-state index in [4.69, 9.17) is 0 Å². The molecule has 0 N–H and O–H groups in total. The predicted octanol–water partition coefficient (Wildman–Crippen LogP) is 2.24. The van der Waals surface area contributed by atoms with Crippen molar-refractivity contribution in [3.63, 3.8) is 0 Å². The second kappa shape index (κ2) is 5.64. The van der Waals surface area contributed by atoms with Crippen LogP contribution in [0.3, 0.4) is 0 Å². The molecular weight excluding hydrogens is 214 g/mol. The van der Waals surface area contributed by atoms with E-state index in [-0.39, 0.29) is 8.96 Å². The lowest BCUT2D eigenvalue weighted by molar-refractivity contribution is 0.203. The van der Waals surface area contributed by atoms with Gasteiger partial charge in [0, 0.05) is 21.6 Å². The lowest BCUT2D eigenvalue weighted by atomic mass is 9.95. The van der Waals surface area contributed by atoms with E-state index < -0.39 is 0 Å². The maximum atomic E-state index is 3.07. The molecule has 3 heteroatoms. The Labute approximate surface area is 99.1 Å². The quantitative estimate of drug-likeness (QED) is 0.683. The molecule has 1 aliphatic heterocycles. The molecule has 2 rings (SSSR count). The second-order valence-electron chi connectivity index (χ2n) is 5.58. The van der Waals surface area contributed by atoms with Gasteiger partial charge in [-0.3, -0.25) is 0 Å². The van der Waals surface area contributed by atoms with Gasteiger partial charge in [-0.15, -0.1) is 0 Å². The van der Waals surface area contributed by atoms with E-state index in [1.807, 2.05) is 0 Å². The summed E-state index contributed by atoms with van der Waals surface area (Å²) in [5.74, 6) is 0. The third kappa shape index (κ3) is 2.74. The fraction of sp³-hybridized carbons (Fsp3) is 1.00. The van der Waals surface area contributed by atoms with Crippen LogP contribution in [0.5, 0.6) is 0 Å². The molecule has 88 valence electrons. The first-order chi connectivity index (χ1) is 7.33. The molecule has 0 aromatic rings. The van der Waals surface area contributed by atoms with Crippen LogP contribution in [-0.4, -0.2) is 35.1 Å². The van der Waals surface area contributed by atoms with Gasteiger partial charge < -0.3 is 4.57 Å². The molecule has 1 heterocycles. The lowest BCUT2D eigenvalue weighted by Crippen LogP contribution is -2.56. The van der Waals surface area contributed by atoms with Gasteiger partial charge in [-0.1, -0.05) is 44.4 Å². The van der Waals surface area contributed by atoms with Gasteiger partial charge >= 0.3 is 0 Å². The van der Waals surface area contributed by atoms with Crippen molar-refractivity contribution in [2.45, 2.75) is 75.8 Å². The van der Waals surface area contributed by atoms with Crippen LogP contribution in [0.2, 0.25) is 11.3 Å². The van der Waals surface area contributed by atoms with Gasteiger partial charge in [-0.05, 0) is 19.3 Å². The second-order valence-corrected chi connectivity index (χ2v) is 12.8. The molecule has 1 saturated heterocycles. The topological polar surface area (TPSA) is 3.24 Å².